The van der Waals surface area contributed by atoms with Crippen LogP contribution in [0.3, 0.4) is 0 Å². The molecule has 6 atom stereocenters. The van der Waals surface area contributed by atoms with E-state index >= 15 is 0 Å². The van der Waals surface area contributed by atoms with Gasteiger partial charge >= 0.3 is 5.97 Å². The van der Waals surface area contributed by atoms with Gasteiger partial charge in [0.1, 0.15) is 36.9 Å². The molecule has 1 aliphatic heterocycles. The fourth-order valence-corrected chi connectivity index (χ4v) is 5.00. The molecule has 260 valence electrons. The summed E-state index contributed by atoms with van der Waals surface area (Å²) >= 11 is 0. The fourth-order valence-electron chi connectivity index (χ4n) is 5.00. The zero-order valence-electron chi connectivity index (χ0n) is 25.8. The van der Waals surface area contributed by atoms with Crippen LogP contribution in [-0.4, -0.2) is 119 Å². The van der Waals surface area contributed by atoms with Crippen molar-refractivity contribution in [3.63, 3.8) is 0 Å². The smallest absolute Gasteiger partial charge is 0.364 e. The number of benzene rings is 2. The van der Waals surface area contributed by atoms with E-state index in [-0.39, 0.29) is 26.2 Å². The predicted molar refractivity (Wildman–Crippen MR) is 163 cm³/mol. The van der Waals surface area contributed by atoms with Crippen molar-refractivity contribution >= 4 is 17.8 Å². The van der Waals surface area contributed by atoms with Crippen molar-refractivity contribution in [2.75, 3.05) is 19.8 Å². The Bertz CT molecular complexity index is 1490. The van der Waals surface area contributed by atoms with Crippen LogP contribution in [0.15, 0.2) is 60.8 Å². The number of carboxylic acid groups (broad SMARTS) is 1. The van der Waals surface area contributed by atoms with E-state index in [0.717, 1.165) is 0 Å². The maximum atomic E-state index is 12.7. The standard InChI is InChI=1S/C31H39N5O12/c37-11-10-36-15-21(34-35-36)18-46-22-8-6-19(7-9-22)12-25(41)32-14-24(40)28(43)29-27(33-26(42)16-38)23(39)13-31(48-29,30(44)45)47-17-20-4-2-1-3-5-20/h1-9,15,23-24,27-29,37-40,43H,10-14,16-18H2,(H,32,41)(H,33,42)(H,44,45)/t23-,24+,27+,28+,29+,31+/m0/s1. The van der Waals surface area contributed by atoms with Gasteiger partial charge in [-0.25, -0.2) is 9.48 Å². The minimum absolute atomic E-state index is 0.0682. The first-order valence-electron chi connectivity index (χ1n) is 15.1. The molecule has 1 saturated heterocycles. The first kappa shape index (κ1) is 36.3. The molecule has 2 aromatic carbocycles. The second-order valence-corrected chi connectivity index (χ2v) is 11.1. The van der Waals surface area contributed by atoms with E-state index in [1.807, 2.05) is 0 Å². The number of aliphatic hydroxyl groups is 5. The number of nitrogens with zero attached hydrogens (tertiary/aromatic N) is 3. The largest absolute Gasteiger partial charge is 0.487 e. The van der Waals surface area contributed by atoms with Crippen LogP contribution in [0.2, 0.25) is 0 Å². The van der Waals surface area contributed by atoms with Gasteiger partial charge in [0, 0.05) is 13.0 Å². The van der Waals surface area contributed by atoms with E-state index in [0.29, 0.717) is 29.1 Å². The lowest BCUT2D eigenvalue weighted by molar-refractivity contribution is -0.314. The molecule has 0 aliphatic carbocycles. The number of hydrogen-bond donors (Lipinski definition) is 8. The molecule has 48 heavy (non-hydrogen) atoms. The number of rotatable bonds is 17. The molecule has 1 aromatic heterocycles. The van der Waals surface area contributed by atoms with Crippen LogP contribution in [0, 0.1) is 0 Å². The minimum Gasteiger partial charge on any atom is -0.487 e. The number of nitrogens with one attached hydrogen (secondary N) is 2. The molecule has 2 heterocycles. The molecule has 0 unspecified atom stereocenters. The number of carbonyl (C=O) groups is 3. The summed E-state index contributed by atoms with van der Waals surface area (Å²) in [6.07, 6.45) is -6.17. The van der Waals surface area contributed by atoms with Gasteiger partial charge in [-0.05, 0) is 23.3 Å². The number of aromatic nitrogens is 3. The van der Waals surface area contributed by atoms with Gasteiger partial charge in [0.15, 0.2) is 0 Å². The van der Waals surface area contributed by atoms with Crippen LogP contribution in [0.5, 0.6) is 5.75 Å². The highest BCUT2D eigenvalue weighted by Crippen LogP contribution is 2.34. The molecule has 0 saturated carbocycles. The van der Waals surface area contributed by atoms with Crippen LogP contribution in [0.1, 0.15) is 23.2 Å². The zero-order chi connectivity index (χ0) is 34.7. The summed E-state index contributed by atoms with van der Waals surface area (Å²) in [7, 11) is 0. The molecule has 0 spiro atoms. The number of aliphatic carboxylic acids is 1. The Morgan fingerprint density at radius 2 is 1.75 bits per heavy atom. The molecule has 0 radical (unpaired) electrons. The molecule has 17 heteroatoms. The highest BCUT2D eigenvalue weighted by atomic mass is 16.7. The summed E-state index contributed by atoms with van der Waals surface area (Å²) in [6.45, 7) is -1.32. The van der Waals surface area contributed by atoms with Gasteiger partial charge in [-0.1, -0.05) is 47.7 Å². The van der Waals surface area contributed by atoms with Crippen LogP contribution in [0.4, 0.5) is 0 Å². The van der Waals surface area contributed by atoms with Crippen molar-refractivity contribution in [2.24, 2.45) is 0 Å². The third kappa shape index (κ3) is 9.77. The van der Waals surface area contributed by atoms with Gasteiger partial charge in [0.05, 0.1) is 50.6 Å². The fraction of sp³-hybridized carbons (Fsp3) is 0.452. The van der Waals surface area contributed by atoms with E-state index in [4.69, 9.17) is 19.3 Å². The average Bonchev–Trinajstić information content (AvgIpc) is 3.54. The number of ether oxygens (including phenoxy) is 3. The Morgan fingerprint density at radius 1 is 1.02 bits per heavy atom. The second-order valence-electron chi connectivity index (χ2n) is 11.1. The van der Waals surface area contributed by atoms with E-state index < -0.39 is 73.6 Å². The van der Waals surface area contributed by atoms with E-state index in [2.05, 4.69) is 20.9 Å². The number of carbonyl (C=O) groups excluding carboxylic acids is 2. The van der Waals surface area contributed by atoms with Crippen LogP contribution < -0.4 is 15.4 Å². The van der Waals surface area contributed by atoms with Gasteiger partial charge in [0.2, 0.25) is 11.8 Å². The first-order valence-corrected chi connectivity index (χ1v) is 15.1. The predicted octanol–water partition coefficient (Wildman–Crippen LogP) is -2.15. The van der Waals surface area contributed by atoms with Gasteiger partial charge in [-0.3, -0.25) is 9.59 Å². The summed E-state index contributed by atoms with van der Waals surface area (Å²) in [6, 6.07) is 13.7. The average molecular weight is 674 g/mol. The number of hydrogen-bond acceptors (Lipinski definition) is 13. The SMILES string of the molecule is O=C(Cc1ccc(OCc2cn(CCO)nn2)cc1)NC[C@@H](O)[C@@H](O)[C@@H]1O[C@@](OCc2ccccc2)(C(=O)O)C[C@H](O)[C@H]1NC(=O)CO. The first-order chi connectivity index (χ1) is 23.0. The monoisotopic (exact) mass is 673 g/mol. The lowest BCUT2D eigenvalue weighted by Crippen LogP contribution is -2.68. The third-order valence-electron chi connectivity index (χ3n) is 7.51. The topological polar surface area (TPSA) is 255 Å². The minimum atomic E-state index is -2.47. The maximum Gasteiger partial charge on any atom is 0.364 e. The molecule has 0 bridgehead atoms. The van der Waals surface area contributed by atoms with Crippen molar-refractivity contribution in [1.29, 1.82) is 0 Å². The van der Waals surface area contributed by atoms with Crippen molar-refractivity contribution in [3.05, 3.63) is 77.6 Å². The summed E-state index contributed by atoms with van der Waals surface area (Å²) in [4.78, 5) is 37.1. The number of amides is 2. The molecule has 3 aromatic rings. The van der Waals surface area contributed by atoms with Crippen LogP contribution in [0.25, 0.3) is 0 Å². The Labute approximate surface area is 274 Å². The molecular formula is C31H39N5O12. The Morgan fingerprint density at radius 3 is 2.42 bits per heavy atom. The summed E-state index contributed by atoms with van der Waals surface area (Å²) in [5, 5.41) is 73.6. The number of aliphatic hydroxyl groups excluding tert-OH is 5. The Balaban J connectivity index is 1.35. The van der Waals surface area contributed by atoms with E-state index in [1.165, 1.54) is 4.68 Å². The van der Waals surface area contributed by atoms with Crippen molar-refractivity contribution in [3.8, 4) is 5.75 Å². The molecule has 2 amide bonds. The van der Waals surface area contributed by atoms with Crippen molar-refractivity contribution in [2.45, 2.75) is 68.8 Å². The molecule has 17 nitrogen and oxygen atoms in total. The van der Waals surface area contributed by atoms with Gasteiger partial charge in [-0.15, -0.1) is 5.10 Å². The molecule has 1 aliphatic rings. The van der Waals surface area contributed by atoms with Crippen molar-refractivity contribution < 1.29 is 59.2 Å². The van der Waals surface area contributed by atoms with Crippen molar-refractivity contribution in [1.82, 2.24) is 25.6 Å². The van der Waals surface area contributed by atoms with E-state index in [9.17, 15) is 39.9 Å². The lowest BCUT2D eigenvalue weighted by Gasteiger charge is -2.46. The summed E-state index contributed by atoms with van der Waals surface area (Å²) in [5.41, 5.74) is 1.77. The van der Waals surface area contributed by atoms with Crippen LogP contribution in [-0.2, 0) is 50.0 Å². The summed E-state index contributed by atoms with van der Waals surface area (Å²) in [5.74, 6) is -5.04. The number of carboxylic acids is 1. The molecule has 4 rings (SSSR count). The Kier molecular flexibility index (Phi) is 12.9. The highest BCUT2D eigenvalue weighted by molar-refractivity contribution is 5.79. The van der Waals surface area contributed by atoms with Gasteiger partial charge in [-0.2, -0.15) is 0 Å². The maximum absolute atomic E-state index is 12.7. The summed E-state index contributed by atoms with van der Waals surface area (Å²) < 4.78 is 18.5. The normalized spacial score (nSPS) is 22.0. The lowest BCUT2D eigenvalue weighted by atomic mass is 9.88. The second kappa shape index (κ2) is 17.1. The quantitative estimate of drug-likeness (QED) is 0.0761. The molecule has 8 N–H and O–H groups in total. The third-order valence-corrected chi connectivity index (χ3v) is 7.51. The zero-order valence-corrected chi connectivity index (χ0v) is 25.8. The van der Waals surface area contributed by atoms with E-state index in [1.54, 1.807) is 60.8 Å². The Hall–Kier alpha value is -4.49. The molecule has 1 fully saturated rings. The molecular weight excluding hydrogens is 634 g/mol. The highest BCUT2D eigenvalue weighted by Gasteiger charge is 2.55. The van der Waals surface area contributed by atoms with Gasteiger partial charge < -0.3 is 55.5 Å². The van der Waals surface area contributed by atoms with Crippen LogP contribution >= 0.6 is 0 Å². The van der Waals surface area contributed by atoms with Gasteiger partial charge in [0.25, 0.3) is 5.79 Å².